The molecule has 0 amide bonds. The molecule has 7 heteroatoms. The van der Waals surface area contributed by atoms with Crippen molar-refractivity contribution in [1.29, 1.82) is 0 Å². The molecule has 1 aliphatic heterocycles. The number of nitrogens with zero attached hydrogens (tertiary/aromatic N) is 4. The van der Waals surface area contributed by atoms with E-state index in [-0.39, 0.29) is 0 Å². The zero-order valence-corrected chi connectivity index (χ0v) is 18.7. The van der Waals surface area contributed by atoms with E-state index in [1.165, 1.54) is 0 Å². The maximum atomic E-state index is 11.0. The molecule has 6 rings (SSSR count). The molecule has 0 saturated carbocycles. The largest absolute Gasteiger partial charge is 0.383 e. The summed E-state index contributed by atoms with van der Waals surface area (Å²) in [6, 6.07) is 24.7. The summed E-state index contributed by atoms with van der Waals surface area (Å²) in [5.41, 5.74) is 3.92. The van der Waals surface area contributed by atoms with Crippen molar-refractivity contribution in [3.05, 3.63) is 84.8 Å². The van der Waals surface area contributed by atoms with Gasteiger partial charge in [0.2, 0.25) is 0 Å². The van der Waals surface area contributed by atoms with Crippen LogP contribution >= 0.6 is 11.8 Å². The van der Waals surface area contributed by atoms with Gasteiger partial charge in [-0.1, -0.05) is 54.2 Å². The molecule has 2 aromatic carbocycles. The molecule has 0 unspecified atom stereocenters. The summed E-state index contributed by atoms with van der Waals surface area (Å²) < 4.78 is 7.43. The smallest absolute Gasteiger partial charge is 0.161 e. The number of aliphatic hydroxyl groups is 1. The monoisotopic (exact) mass is 454 g/mol. The minimum atomic E-state index is -0.919. The van der Waals surface area contributed by atoms with Crippen LogP contribution < -0.4 is 0 Å². The Morgan fingerprint density at radius 1 is 0.939 bits per heavy atom. The second-order valence-corrected chi connectivity index (χ2v) is 9.36. The summed E-state index contributed by atoms with van der Waals surface area (Å²) in [5.74, 6) is 0. The Kier molecular flexibility index (Phi) is 5.10. The minimum Gasteiger partial charge on any atom is -0.383 e. The Morgan fingerprint density at radius 3 is 2.64 bits per heavy atom. The fourth-order valence-corrected chi connectivity index (χ4v) is 5.25. The highest BCUT2D eigenvalue weighted by Crippen LogP contribution is 2.36. The van der Waals surface area contributed by atoms with Crippen LogP contribution in [0.25, 0.3) is 27.7 Å². The fourth-order valence-electron chi connectivity index (χ4n) is 4.41. The van der Waals surface area contributed by atoms with Gasteiger partial charge in [0.1, 0.15) is 17.0 Å². The first-order chi connectivity index (χ1) is 16.2. The molecule has 0 atom stereocenters. The van der Waals surface area contributed by atoms with Crippen molar-refractivity contribution < 1.29 is 9.84 Å². The number of benzene rings is 2. The van der Waals surface area contributed by atoms with E-state index in [2.05, 4.69) is 46.6 Å². The van der Waals surface area contributed by atoms with E-state index >= 15 is 0 Å². The summed E-state index contributed by atoms with van der Waals surface area (Å²) in [6.45, 7) is 1.11. The summed E-state index contributed by atoms with van der Waals surface area (Å²) >= 11 is 1.58. The number of ether oxygens (including phenoxy) is 1. The van der Waals surface area contributed by atoms with Crippen molar-refractivity contribution in [3.8, 4) is 11.1 Å². The number of aromatic nitrogens is 4. The van der Waals surface area contributed by atoms with E-state index in [9.17, 15) is 5.11 Å². The molecule has 1 saturated heterocycles. The van der Waals surface area contributed by atoms with Gasteiger partial charge in [-0.2, -0.15) is 0 Å². The van der Waals surface area contributed by atoms with Crippen LogP contribution in [-0.4, -0.2) is 37.9 Å². The lowest BCUT2D eigenvalue weighted by atomic mass is 9.90. The number of hydrogen-bond donors (Lipinski definition) is 1. The van der Waals surface area contributed by atoms with Crippen LogP contribution in [0.2, 0.25) is 0 Å². The third-order valence-electron chi connectivity index (χ3n) is 6.19. The molecule has 3 aromatic heterocycles. The van der Waals surface area contributed by atoms with Crippen molar-refractivity contribution in [2.45, 2.75) is 28.4 Å². The van der Waals surface area contributed by atoms with Crippen molar-refractivity contribution in [3.63, 3.8) is 0 Å². The lowest BCUT2D eigenvalue weighted by molar-refractivity contribution is -0.0708. The maximum Gasteiger partial charge on any atom is 0.161 e. The predicted octanol–water partition coefficient (Wildman–Crippen LogP) is 5.09. The fraction of sp³-hybridized carbons (Fsp3) is 0.192. The van der Waals surface area contributed by atoms with Crippen molar-refractivity contribution in [1.82, 2.24) is 19.6 Å². The molecule has 33 heavy (non-hydrogen) atoms. The maximum absolute atomic E-state index is 11.0. The SMILES string of the molecule is OC1(c2cccc(Sc3ccc4c(-c5ccccc5)cc5nncn5c4c3)n2)CCOCC1. The first-order valence-corrected chi connectivity index (χ1v) is 11.8. The van der Waals surface area contributed by atoms with Crippen molar-refractivity contribution in [2.24, 2.45) is 0 Å². The van der Waals surface area contributed by atoms with Crippen LogP contribution in [0, 0.1) is 0 Å². The highest BCUT2D eigenvalue weighted by atomic mass is 32.2. The molecule has 4 heterocycles. The zero-order valence-electron chi connectivity index (χ0n) is 17.9. The van der Waals surface area contributed by atoms with E-state index in [4.69, 9.17) is 9.72 Å². The average Bonchev–Trinajstić information content (AvgIpc) is 3.34. The second kappa shape index (κ2) is 8.26. The first kappa shape index (κ1) is 20.4. The molecule has 1 fully saturated rings. The molecule has 0 aliphatic carbocycles. The van der Waals surface area contributed by atoms with Gasteiger partial charge in [0.15, 0.2) is 5.65 Å². The highest BCUT2D eigenvalue weighted by Gasteiger charge is 2.33. The van der Waals surface area contributed by atoms with Gasteiger partial charge in [0.05, 0.1) is 11.2 Å². The molecular formula is C26H22N4O2S. The van der Waals surface area contributed by atoms with Gasteiger partial charge in [-0.3, -0.25) is 4.40 Å². The summed E-state index contributed by atoms with van der Waals surface area (Å²) in [6.07, 6.45) is 2.89. The number of pyridine rings is 2. The van der Waals surface area contributed by atoms with Crippen LogP contribution in [0.3, 0.4) is 0 Å². The van der Waals surface area contributed by atoms with Crippen LogP contribution in [-0.2, 0) is 10.3 Å². The van der Waals surface area contributed by atoms with Crippen molar-refractivity contribution in [2.75, 3.05) is 13.2 Å². The Hall–Kier alpha value is -3.26. The summed E-state index contributed by atoms with van der Waals surface area (Å²) in [5, 5.41) is 21.4. The van der Waals surface area contributed by atoms with E-state index in [1.54, 1.807) is 18.1 Å². The molecule has 0 bridgehead atoms. The van der Waals surface area contributed by atoms with E-state index in [1.807, 2.05) is 40.8 Å². The predicted molar refractivity (Wildman–Crippen MR) is 128 cm³/mol. The normalized spacial score (nSPS) is 15.8. The number of hydrogen-bond acceptors (Lipinski definition) is 6. The number of rotatable bonds is 4. The third-order valence-corrected chi connectivity index (χ3v) is 7.12. The van der Waals surface area contributed by atoms with Gasteiger partial charge in [0.25, 0.3) is 0 Å². The molecular weight excluding hydrogens is 432 g/mol. The Labute approximate surface area is 195 Å². The van der Waals surface area contributed by atoms with E-state index < -0.39 is 5.60 Å². The molecule has 1 N–H and O–H groups in total. The van der Waals surface area contributed by atoms with E-state index in [0.29, 0.717) is 31.7 Å². The molecule has 1 aliphatic rings. The Bertz CT molecular complexity index is 1450. The lowest BCUT2D eigenvalue weighted by Gasteiger charge is -2.31. The highest BCUT2D eigenvalue weighted by molar-refractivity contribution is 7.99. The molecule has 0 spiro atoms. The van der Waals surface area contributed by atoms with Gasteiger partial charge < -0.3 is 9.84 Å². The quantitative estimate of drug-likeness (QED) is 0.408. The Balaban J connectivity index is 1.40. The lowest BCUT2D eigenvalue weighted by Crippen LogP contribution is -2.34. The molecule has 0 radical (unpaired) electrons. The van der Waals surface area contributed by atoms with Crippen LogP contribution in [0.15, 0.2) is 89.0 Å². The van der Waals surface area contributed by atoms with Crippen LogP contribution in [0.4, 0.5) is 0 Å². The van der Waals surface area contributed by atoms with Crippen LogP contribution in [0.1, 0.15) is 18.5 Å². The van der Waals surface area contributed by atoms with Crippen molar-refractivity contribution >= 4 is 28.3 Å². The van der Waals surface area contributed by atoms with Gasteiger partial charge in [-0.15, -0.1) is 10.2 Å². The summed E-state index contributed by atoms with van der Waals surface area (Å²) in [7, 11) is 0. The number of fused-ring (bicyclic) bond motifs is 3. The van der Waals surface area contributed by atoms with Gasteiger partial charge >= 0.3 is 0 Å². The minimum absolute atomic E-state index is 0.554. The van der Waals surface area contributed by atoms with E-state index in [0.717, 1.165) is 37.6 Å². The average molecular weight is 455 g/mol. The van der Waals surface area contributed by atoms with Gasteiger partial charge in [0, 0.05) is 36.3 Å². The standard InChI is InChI=1S/C26H22N4O2S/c31-26(11-13-32-14-12-26)23-7-4-8-25(28-23)33-19-9-10-20-21(18-5-2-1-3-6-18)16-24-29-27-17-30(24)22(20)15-19/h1-10,15-17,31H,11-14H2. The second-order valence-electron chi connectivity index (χ2n) is 8.27. The molecule has 5 aromatic rings. The molecule has 6 nitrogen and oxygen atoms in total. The first-order valence-electron chi connectivity index (χ1n) is 11.0. The topological polar surface area (TPSA) is 72.5 Å². The van der Waals surface area contributed by atoms with Crippen LogP contribution in [0.5, 0.6) is 0 Å². The van der Waals surface area contributed by atoms with Gasteiger partial charge in [-0.05, 0) is 41.5 Å². The Morgan fingerprint density at radius 2 is 1.79 bits per heavy atom. The summed E-state index contributed by atoms with van der Waals surface area (Å²) in [4.78, 5) is 5.85. The van der Waals surface area contributed by atoms with Gasteiger partial charge in [-0.25, -0.2) is 4.98 Å². The molecule has 164 valence electrons. The third kappa shape index (κ3) is 3.78. The zero-order chi connectivity index (χ0) is 22.3.